The van der Waals surface area contributed by atoms with Crippen molar-refractivity contribution < 1.29 is 40.2 Å². The lowest BCUT2D eigenvalue weighted by atomic mass is 9.83. The maximum atomic E-state index is 11.9. The number of phenolic OH excluding ortho intramolecular Hbond substituents is 7. The Morgan fingerprint density at radius 2 is 0.720 bits per heavy atom. The number of fused-ring (bicyclic) bond motifs is 6. The highest BCUT2D eigenvalue weighted by Crippen LogP contribution is 2.60. The van der Waals surface area contributed by atoms with Gasteiger partial charge in [0.1, 0.15) is 0 Å². The Hall–Kier alpha value is -7.06. The molecule has 7 N–H and O–H groups in total. The van der Waals surface area contributed by atoms with Gasteiger partial charge in [-0.05, 0) is 54.6 Å². The van der Waals surface area contributed by atoms with Crippen molar-refractivity contribution in [1.82, 2.24) is 0 Å². The first-order valence-corrected chi connectivity index (χ1v) is 15.8. The summed E-state index contributed by atoms with van der Waals surface area (Å²) in [4.78, 5) is 0. The van der Waals surface area contributed by atoms with E-state index in [2.05, 4.69) is 36.4 Å². The number of aromatic hydroxyl groups is 7. The fourth-order valence-electron chi connectivity index (χ4n) is 7.44. The summed E-state index contributed by atoms with van der Waals surface area (Å²) in [5.41, 5.74) is 3.46. The van der Waals surface area contributed by atoms with Crippen molar-refractivity contribution in [3.63, 3.8) is 0 Å². The van der Waals surface area contributed by atoms with Crippen LogP contribution in [0.1, 0.15) is 0 Å². The van der Waals surface area contributed by atoms with Gasteiger partial charge in [0.05, 0.1) is 16.3 Å². The topological polar surface area (TPSA) is 155 Å². The van der Waals surface area contributed by atoms with E-state index in [0.717, 1.165) is 43.8 Å². The van der Waals surface area contributed by atoms with Crippen LogP contribution in [0.25, 0.3) is 87.6 Å². The number of benzene rings is 8. The summed E-state index contributed by atoms with van der Waals surface area (Å²) >= 11 is 0. The van der Waals surface area contributed by atoms with Crippen LogP contribution in [0.5, 0.6) is 40.2 Å². The quantitative estimate of drug-likeness (QED) is 0.0562. The van der Waals surface area contributed by atoms with Crippen molar-refractivity contribution in [2.45, 2.75) is 0 Å². The summed E-state index contributed by atoms with van der Waals surface area (Å²) in [7, 11) is 0. The Morgan fingerprint density at radius 3 is 1.30 bits per heavy atom. The Morgan fingerprint density at radius 1 is 0.300 bits per heavy atom. The van der Waals surface area contributed by atoms with E-state index in [1.807, 2.05) is 78.9 Å². The predicted octanol–water partition coefficient (Wildman–Crippen LogP) is 9.99. The van der Waals surface area contributed by atoms with Gasteiger partial charge in [-0.25, -0.2) is 0 Å². The Kier molecular flexibility index (Phi) is 6.09. The molecule has 0 saturated carbocycles. The molecule has 1 heterocycles. The largest absolute Gasteiger partial charge is 0.504 e. The van der Waals surface area contributed by atoms with E-state index >= 15 is 0 Å². The molecule has 8 heteroatoms. The third-order valence-electron chi connectivity index (χ3n) is 9.64. The SMILES string of the molecule is Oc1c(O)c(O)c2c(oc3c(O)c(-c4c5ccccc5c(-c5ccc(-c6ccccc6)c6ccccc56)c5ccccc45)c(O)c(O)c32)c1O. The van der Waals surface area contributed by atoms with Gasteiger partial charge < -0.3 is 40.2 Å². The average Bonchev–Trinajstić information content (AvgIpc) is 3.57. The van der Waals surface area contributed by atoms with Crippen LogP contribution in [0.15, 0.2) is 120 Å². The number of hydrogen-bond donors (Lipinski definition) is 7. The van der Waals surface area contributed by atoms with Gasteiger partial charge in [-0.2, -0.15) is 0 Å². The van der Waals surface area contributed by atoms with Gasteiger partial charge in [0.2, 0.25) is 17.2 Å². The normalized spacial score (nSPS) is 11.8. The van der Waals surface area contributed by atoms with Gasteiger partial charge in [-0.15, -0.1) is 0 Å². The standard InChI is InChI=1S/C42H26O8/c43-34-31(37(46)41-32(35(34)44)33-36(45)38(47)39(48)40(49)42(33)50-41)30-26-16-8-6-14-24(26)29(25-15-7-9-17-27(25)30)28-19-18-21(20-10-2-1-3-11-20)22-12-4-5-13-23(22)28/h1-19,43-49H. The second-order valence-electron chi connectivity index (χ2n) is 12.2. The minimum atomic E-state index is -1.06. The minimum absolute atomic E-state index is 0.148. The molecule has 0 bridgehead atoms. The first-order chi connectivity index (χ1) is 24.3. The zero-order valence-electron chi connectivity index (χ0n) is 26.0. The maximum absolute atomic E-state index is 11.9. The van der Waals surface area contributed by atoms with Crippen LogP contribution in [0, 0.1) is 0 Å². The van der Waals surface area contributed by atoms with Crippen LogP contribution in [0.3, 0.4) is 0 Å². The third-order valence-corrected chi connectivity index (χ3v) is 9.64. The van der Waals surface area contributed by atoms with Crippen molar-refractivity contribution in [1.29, 1.82) is 0 Å². The van der Waals surface area contributed by atoms with Gasteiger partial charge in [0.25, 0.3) is 0 Å². The molecule has 0 spiro atoms. The number of phenols is 7. The van der Waals surface area contributed by atoms with E-state index in [-0.39, 0.29) is 16.5 Å². The van der Waals surface area contributed by atoms with Crippen molar-refractivity contribution in [2.24, 2.45) is 0 Å². The van der Waals surface area contributed by atoms with E-state index in [1.54, 1.807) is 0 Å². The van der Waals surface area contributed by atoms with Crippen LogP contribution in [0.2, 0.25) is 0 Å². The van der Waals surface area contributed by atoms with Gasteiger partial charge in [-0.3, -0.25) is 0 Å². The molecule has 8 aromatic carbocycles. The molecule has 0 saturated heterocycles. The number of hydrogen-bond acceptors (Lipinski definition) is 8. The second-order valence-corrected chi connectivity index (χ2v) is 12.2. The van der Waals surface area contributed by atoms with Crippen molar-refractivity contribution in [2.75, 3.05) is 0 Å². The molecule has 8 nitrogen and oxygen atoms in total. The molecule has 50 heavy (non-hydrogen) atoms. The molecule has 0 aliphatic rings. The molecule has 0 radical (unpaired) electrons. The molecule has 9 aromatic rings. The van der Waals surface area contributed by atoms with Crippen molar-refractivity contribution in [3.8, 4) is 73.6 Å². The second kappa shape index (κ2) is 10.5. The smallest absolute Gasteiger partial charge is 0.208 e. The fraction of sp³-hybridized carbons (Fsp3) is 0. The van der Waals surface area contributed by atoms with Gasteiger partial charge in [0, 0.05) is 5.56 Å². The predicted molar refractivity (Wildman–Crippen MR) is 194 cm³/mol. The van der Waals surface area contributed by atoms with Crippen molar-refractivity contribution >= 4 is 54.3 Å². The molecule has 242 valence electrons. The van der Waals surface area contributed by atoms with Crippen LogP contribution in [-0.2, 0) is 0 Å². The summed E-state index contributed by atoms with van der Waals surface area (Å²) < 4.78 is 5.74. The van der Waals surface area contributed by atoms with E-state index < -0.39 is 51.2 Å². The first kappa shape index (κ1) is 29.1. The molecular weight excluding hydrogens is 632 g/mol. The van der Waals surface area contributed by atoms with Gasteiger partial charge in [-0.1, -0.05) is 115 Å². The third kappa shape index (κ3) is 3.81. The molecule has 0 aliphatic carbocycles. The molecule has 0 fully saturated rings. The average molecular weight is 659 g/mol. The molecule has 0 atom stereocenters. The summed E-state index contributed by atoms with van der Waals surface area (Å²) in [6, 6.07) is 37.8. The lowest BCUT2D eigenvalue weighted by molar-refractivity contribution is 0.348. The molecule has 0 aliphatic heterocycles. The van der Waals surface area contributed by atoms with E-state index in [9.17, 15) is 35.7 Å². The van der Waals surface area contributed by atoms with Crippen LogP contribution in [-0.4, -0.2) is 35.7 Å². The van der Waals surface area contributed by atoms with E-state index in [1.165, 1.54) is 0 Å². The van der Waals surface area contributed by atoms with Gasteiger partial charge >= 0.3 is 0 Å². The highest BCUT2D eigenvalue weighted by molar-refractivity contribution is 6.27. The summed E-state index contributed by atoms with van der Waals surface area (Å²) in [6.45, 7) is 0. The van der Waals surface area contributed by atoms with E-state index in [4.69, 9.17) is 4.42 Å². The van der Waals surface area contributed by atoms with Crippen LogP contribution in [0.4, 0.5) is 0 Å². The maximum Gasteiger partial charge on any atom is 0.208 e. The molecule has 0 unspecified atom stereocenters. The lowest BCUT2D eigenvalue weighted by Gasteiger charge is -2.20. The highest BCUT2D eigenvalue weighted by atomic mass is 16.4. The van der Waals surface area contributed by atoms with Crippen LogP contribution < -0.4 is 0 Å². The van der Waals surface area contributed by atoms with Crippen LogP contribution >= 0.6 is 0 Å². The van der Waals surface area contributed by atoms with Crippen molar-refractivity contribution in [3.05, 3.63) is 115 Å². The molecule has 1 aromatic heterocycles. The number of furan rings is 1. The molecule has 9 rings (SSSR count). The Balaban J connectivity index is 1.41. The zero-order chi connectivity index (χ0) is 34.4. The minimum Gasteiger partial charge on any atom is -0.504 e. The van der Waals surface area contributed by atoms with E-state index in [0.29, 0.717) is 16.3 Å². The molecular formula is C42H26O8. The molecule has 0 amide bonds. The summed E-state index contributed by atoms with van der Waals surface area (Å²) in [6.07, 6.45) is 0. The fourth-order valence-corrected chi connectivity index (χ4v) is 7.44. The number of rotatable bonds is 3. The lowest BCUT2D eigenvalue weighted by Crippen LogP contribution is -1.93. The first-order valence-electron chi connectivity index (χ1n) is 15.8. The summed E-state index contributed by atoms with van der Waals surface area (Å²) in [5.74, 6) is -6.02. The monoisotopic (exact) mass is 658 g/mol. The summed E-state index contributed by atoms with van der Waals surface area (Å²) in [5, 5.41) is 80.8. The zero-order valence-corrected chi connectivity index (χ0v) is 26.0. The Labute approximate surface area is 282 Å². The highest BCUT2D eigenvalue weighted by Gasteiger charge is 2.32. The Bertz CT molecular complexity index is 2830. The van der Waals surface area contributed by atoms with Gasteiger partial charge in [0.15, 0.2) is 34.2 Å².